The van der Waals surface area contributed by atoms with Crippen molar-refractivity contribution in [2.45, 2.75) is 273 Å². The van der Waals surface area contributed by atoms with E-state index in [0.717, 1.165) is 12.8 Å². The standard InChI is InChI=1S/C60H96O29S/c1-25(2)12-11-17-59(9)49-32(81-27(4)62)20-58(8)29-13-14-35-56(5,6)36(16-18-57(35,7)28(29)15-19-60(49,58)55(72)88-59)83-53-47(39(67)34(24-79-53)89-90(73,74)75)87-54-48(86-50-40(68)37(65)30(63)22-77-50)41(69)44(26(3)80-54)84-51-42(70)45(31(64)23-78-51)85-52-43(71)46(76-10)38(66)33(21-61)82-52/h13,25-26,28,30-54,61,63-71H,11-12,14-24H2,1-10H3,(H,73,74,75)/t26-,28?,30-,31-,32?,33-,34-,35?,36?,37+,38-,39+,40-,41+,42-,43-,44-,45+,46+,47-,48-,49?,50+,51+,52+,53+,54+,57-,58+,59?,60?/m1/s1. The van der Waals surface area contributed by atoms with E-state index in [1.807, 2.05) is 6.92 Å². The van der Waals surface area contributed by atoms with Gasteiger partial charge in [-0.2, -0.15) is 8.42 Å². The van der Waals surface area contributed by atoms with E-state index in [1.165, 1.54) is 26.5 Å². The Hall–Kier alpha value is -2.29. The van der Waals surface area contributed by atoms with Crippen molar-refractivity contribution >= 4 is 22.3 Å². The Kier molecular flexibility index (Phi) is 20.8. The summed E-state index contributed by atoms with van der Waals surface area (Å²) in [6.07, 6.45) is -30.9. The van der Waals surface area contributed by atoms with E-state index in [4.69, 9.17) is 65.8 Å². The van der Waals surface area contributed by atoms with Gasteiger partial charge < -0.3 is 113 Å². The summed E-state index contributed by atoms with van der Waals surface area (Å²) in [7, 11) is -4.06. The molecule has 0 aromatic carbocycles. The van der Waals surface area contributed by atoms with Crippen molar-refractivity contribution in [3.63, 3.8) is 0 Å². The average Bonchev–Trinajstić information content (AvgIpc) is 1.45. The number of carbonyl (C=O) groups is 2. The lowest BCUT2D eigenvalue weighted by Crippen LogP contribution is -2.67. The van der Waals surface area contributed by atoms with Gasteiger partial charge in [-0.1, -0.05) is 59.6 Å². The Morgan fingerprint density at radius 2 is 1.32 bits per heavy atom. The lowest BCUT2D eigenvalue weighted by Gasteiger charge is -2.64. The van der Waals surface area contributed by atoms with Crippen LogP contribution in [0, 0.1) is 45.3 Å². The maximum absolute atomic E-state index is 14.8. The van der Waals surface area contributed by atoms with Gasteiger partial charge in [0.2, 0.25) is 0 Å². The number of esters is 2. The molecule has 6 saturated heterocycles. The Morgan fingerprint density at radius 3 is 1.98 bits per heavy atom. The minimum absolute atomic E-state index is 0.00396. The van der Waals surface area contributed by atoms with Crippen LogP contribution in [0.5, 0.6) is 0 Å². The smallest absolute Gasteiger partial charge is 0.397 e. The Morgan fingerprint density at radius 1 is 0.700 bits per heavy atom. The predicted octanol–water partition coefficient (Wildman–Crippen LogP) is -0.837. The summed E-state index contributed by atoms with van der Waals surface area (Å²) in [4.78, 5) is 27.6. The van der Waals surface area contributed by atoms with E-state index >= 15 is 0 Å². The number of ether oxygens (including phenoxy) is 13. The van der Waals surface area contributed by atoms with Crippen LogP contribution in [-0.4, -0.2) is 263 Å². The molecule has 10 rings (SSSR count). The lowest BCUT2D eigenvalue weighted by molar-refractivity contribution is -0.399. The topological polar surface area (TPSA) is 420 Å². The van der Waals surface area contributed by atoms with Crippen molar-refractivity contribution in [3.8, 4) is 0 Å². The number of fused-ring (bicyclic) bond motifs is 4. The molecule has 3 saturated carbocycles. The first-order chi connectivity index (χ1) is 42.2. The number of hydrogen-bond donors (Lipinski definition) is 11. The van der Waals surface area contributed by atoms with Crippen LogP contribution < -0.4 is 0 Å². The van der Waals surface area contributed by atoms with Crippen LogP contribution in [0.1, 0.15) is 120 Å². The second kappa shape index (κ2) is 26.6. The molecule has 6 aliphatic heterocycles. The zero-order valence-corrected chi connectivity index (χ0v) is 53.4. The van der Waals surface area contributed by atoms with Crippen LogP contribution in [-0.2, 0) is 85.8 Å². The largest absolute Gasteiger partial charge is 0.462 e. The van der Waals surface area contributed by atoms with Gasteiger partial charge in [0.05, 0.1) is 50.0 Å². The fourth-order valence-corrected chi connectivity index (χ4v) is 18.2. The van der Waals surface area contributed by atoms with Crippen molar-refractivity contribution in [3.05, 3.63) is 11.6 Å². The first kappa shape index (κ1) is 70.5. The van der Waals surface area contributed by atoms with Crippen LogP contribution in [0.3, 0.4) is 0 Å². The van der Waals surface area contributed by atoms with Crippen LogP contribution >= 0.6 is 0 Å². The fraction of sp³-hybridized carbons (Fsp3) is 0.933. The molecule has 10 aliphatic rings. The highest BCUT2D eigenvalue weighted by atomic mass is 32.3. The van der Waals surface area contributed by atoms with E-state index in [9.17, 15) is 73.6 Å². The molecule has 11 N–H and O–H groups in total. The third-order valence-corrected chi connectivity index (χ3v) is 22.6. The van der Waals surface area contributed by atoms with Crippen LogP contribution in [0.25, 0.3) is 0 Å². The van der Waals surface area contributed by atoms with E-state index in [2.05, 4.69) is 47.6 Å². The molecule has 516 valence electrons. The maximum Gasteiger partial charge on any atom is 0.397 e. The van der Waals surface area contributed by atoms with Gasteiger partial charge >= 0.3 is 22.3 Å². The predicted molar refractivity (Wildman–Crippen MR) is 302 cm³/mol. The summed E-state index contributed by atoms with van der Waals surface area (Å²) >= 11 is 0. The molecule has 0 bridgehead atoms. The molecular formula is C60H96O29S. The van der Waals surface area contributed by atoms with Crippen molar-refractivity contribution in [1.29, 1.82) is 0 Å². The number of methoxy groups -OCH3 is 1. The van der Waals surface area contributed by atoms with Gasteiger partial charge in [-0.25, -0.2) is 4.18 Å². The number of rotatable bonds is 19. The molecule has 9 fully saturated rings. The SMILES string of the molecule is CO[C@@H]1[C@@H](O)[C@H](O[C@@H]2[C@@H](O)[C@H](O[C@H]3[C@H](O)[C@@H](O[C@@H]4OC[C@@H](O)[C@H](O)[C@H]4O)[C@H](O[C@H]4[C@H](OC5CC[C@]6(C)C7CCC89C(=O)OC(C)(CCCC(C)C)C8C(OC(C)=O)C[C@@]9(C)C7=CCC6C5(C)C)OC[C@@H](OS(=O)(=O)O)[C@@H]4O)O[C@@H]3C)OC[C@H]2O)O[C@H](CO)[C@H]1O. The van der Waals surface area contributed by atoms with E-state index in [0.29, 0.717) is 50.9 Å². The van der Waals surface area contributed by atoms with Crippen LogP contribution in [0.2, 0.25) is 0 Å². The second-order valence-electron chi connectivity index (χ2n) is 28.4. The molecule has 0 amide bonds. The quantitative estimate of drug-likeness (QED) is 0.0427. The second-order valence-corrected chi connectivity index (χ2v) is 29.5. The monoisotopic (exact) mass is 1310 g/mol. The van der Waals surface area contributed by atoms with E-state index < -0.39 is 212 Å². The third kappa shape index (κ3) is 12.6. The highest BCUT2D eigenvalue weighted by molar-refractivity contribution is 7.80. The first-order valence-corrected chi connectivity index (χ1v) is 33.0. The summed E-state index contributed by atoms with van der Waals surface area (Å²) in [5, 5.41) is 111. The molecule has 7 unspecified atom stereocenters. The zero-order chi connectivity index (χ0) is 65.7. The lowest BCUT2D eigenvalue weighted by atomic mass is 9.41. The van der Waals surface area contributed by atoms with Crippen molar-refractivity contribution in [2.75, 3.05) is 33.5 Å². The van der Waals surface area contributed by atoms with Crippen LogP contribution in [0.4, 0.5) is 0 Å². The number of cyclic esters (lactones) is 1. The molecule has 29 nitrogen and oxygen atoms in total. The summed E-state index contributed by atoms with van der Waals surface area (Å²) < 4.78 is 118. The molecule has 4 aliphatic carbocycles. The fourth-order valence-electron chi connectivity index (χ4n) is 17.7. The minimum atomic E-state index is -5.26. The molecule has 6 heterocycles. The van der Waals surface area contributed by atoms with Gasteiger partial charge in [-0.15, -0.1) is 0 Å². The zero-order valence-electron chi connectivity index (χ0n) is 52.6. The highest BCUT2D eigenvalue weighted by Gasteiger charge is 2.79. The Balaban J connectivity index is 0.904. The maximum atomic E-state index is 14.8. The summed E-state index contributed by atoms with van der Waals surface area (Å²) in [6, 6.07) is 0. The number of allylic oxidation sites excluding steroid dienone is 2. The summed E-state index contributed by atoms with van der Waals surface area (Å²) in [6.45, 7) is 15.2. The van der Waals surface area contributed by atoms with Gasteiger partial charge in [-0.3, -0.25) is 14.1 Å². The number of hydrogen-bond acceptors (Lipinski definition) is 28. The Labute approximate surface area is 523 Å². The van der Waals surface area contributed by atoms with Gasteiger partial charge in [0.25, 0.3) is 0 Å². The molecule has 31 atom stereocenters. The van der Waals surface area contributed by atoms with Crippen molar-refractivity contribution in [2.24, 2.45) is 45.3 Å². The number of aliphatic hydroxyl groups is 10. The van der Waals surface area contributed by atoms with Crippen molar-refractivity contribution < 1.29 is 139 Å². The van der Waals surface area contributed by atoms with E-state index in [-0.39, 0.29) is 29.1 Å². The molecule has 0 aromatic heterocycles. The molecule has 30 heteroatoms. The third-order valence-electron chi connectivity index (χ3n) is 22.1. The molecule has 0 radical (unpaired) electrons. The molecule has 1 spiro atoms. The van der Waals surface area contributed by atoms with Crippen LogP contribution in [0.15, 0.2) is 11.6 Å². The number of aliphatic hydroxyl groups excluding tert-OH is 10. The molecular weight excluding hydrogens is 1220 g/mol. The first-order valence-electron chi connectivity index (χ1n) is 31.6. The van der Waals surface area contributed by atoms with E-state index in [1.54, 1.807) is 0 Å². The van der Waals surface area contributed by atoms with Gasteiger partial charge in [0, 0.05) is 19.4 Å². The van der Waals surface area contributed by atoms with Gasteiger partial charge in [0.1, 0.15) is 109 Å². The van der Waals surface area contributed by atoms with Gasteiger partial charge in [0.15, 0.2) is 31.5 Å². The summed E-state index contributed by atoms with van der Waals surface area (Å²) in [5.74, 6) is -0.620. The highest BCUT2D eigenvalue weighted by Crippen LogP contribution is 2.77. The molecule has 90 heavy (non-hydrogen) atoms. The normalized spacial score (nSPS) is 50.3. The molecule has 0 aromatic rings. The Bertz CT molecular complexity index is 2670. The number of carbonyl (C=O) groups excluding carboxylic acids is 2. The minimum Gasteiger partial charge on any atom is -0.462 e. The van der Waals surface area contributed by atoms with Crippen molar-refractivity contribution in [1.82, 2.24) is 0 Å². The average molecular weight is 1310 g/mol. The summed E-state index contributed by atoms with van der Waals surface area (Å²) in [5.41, 5.74) is -2.36. The van der Waals surface area contributed by atoms with Gasteiger partial charge in [-0.05, 0) is 93.8 Å².